The van der Waals surface area contributed by atoms with Crippen molar-refractivity contribution >= 4 is 22.9 Å². The van der Waals surface area contributed by atoms with Gasteiger partial charge in [-0.15, -0.1) is 0 Å². The second-order valence-corrected chi connectivity index (χ2v) is 9.17. The summed E-state index contributed by atoms with van der Waals surface area (Å²) in [7, 11) is 0. The summed E-state index contributed by atoms with van der Waals surface area (Å²) in [5, 5.41) is 11.3. The average Bonchev–Trinajstić information content (AvgIpc) is 3.20. The van der Waals surface area contributed by atoms with E-state index in [1.165, 1.54) is 0 Å². The van der Waals surface area contributed by atoms with Crippen LogP contribution in [0.1, 0.15) is 76.1 Å². The summed E-state index contributed by atoms with van der Waals surface area (Å²) in [5.41, 5.74) is 3.09. The lowest BCUT2D eigenvalue weighted by atomic mass is 9.79. The van der Waals surface area contributed by atoms with Gasteiger partial charge in [0.25, 0.3) is 0 Å². The first-order chi connectivity index (χ1) is 16.1. The van der Waals surface area contributed by atoms with Gasteiger partial charge in [0, 0.05) is 28.7 Å². The molecule has 1 N–H and O–H groups in total. The monoisotopic (exact) mass is 460 g/mol. The molecule has 0 bridgehead atoms. The minimum Gasteiger partial charge on any atom is -0.507 e. The predicted molar refractivity (Wildman–Crippen MR) is 128 cm³/mol. The Bertz CT molecular complexity index is 1230. The fourth-order valence-electron chi connectivity index (χ4n) is 4.71. The van der Waals surface area contributed by atoms with Crippen molar-refractivity contribution in [1.82, 2.24) is 0 Å². The largest absolute Gasteiger partial charge is 0.507 e. The summed E-state index contributed by atoms with van der Waals surface area (Å²) in [6.07, 6.45) is 0.943. The van der Waals surface area contributed by atoms with Gasteiger partial charge in [-0.3, -0.25) is 14.4 Å². The van der Waals surface area contributed by atoms with Crippen molar-refractivity contribution in [3.8, 4) is 5.75 Å². The molecule has 1 fully saturated rings. The molecule has 0 amide bonds. The molecule has 2 aliphatic rings. The van der Waals surface area contributed by atoms with E-state index in [1.54, 1.807) is 37.3 Å². The Morgan fingerprint density at radius 1 is 1.06 bits per heavy atom. The van der Waals surface area contributed by atoms with Gasteiger partial charge in [0.2, 0.25) is 0 Å². The van der Waals surface area contributed by atoms with Crippen LogP contribution in [0.25, 0.3) is 5.57 Å². The summed E-state index contributed by atoms with van der Waals surface area (Å²) >= 11 is 0. The number of aryl methyl sites for hydroxylation is 1. The molecule has 0 spiro atoms. The summed E-state index contributed by atoms with van der Waals surface area (Å²) in [6.45, 7) is 12.5. The topological polar surface area (TPSA) is 89.9 Å². The van der Waals surface area contributed by atoms with E-state index in [4.69, 9.17) is 9.47 Å². The molecule has 6 nitrogen and oxygen atoms in total. The first kappa shape index (κ1) is 23.8. The maximum atomic E-state index is 13.2. The second-order valence-electron chi connectivity index (χ2n) is 9.17. The van der Waals surface area contributed by atoms with Crippen LogP contribution in [0.2, 0.25) is 0 Å². The van der Waals surface area contributed by atoms with E-state index in [-0.39, 0.29) is 53.3 Å². The molecule has 0 unspecified atom stereocenters. The van der Waals surface area contributed by atoms with Crippen LogP contribution in [-0.4, -0.2) is 41.5 Å². The number of benzene rings is 2. The number of hydrogen-bond acceptors (Lipinski definition) is 6. The number of ether oxygens (including phenoxy) is 2. The molecule has 1 aliphatic heterocycles. The van der Waals surface area contributed by atoms with Crippen molar-refractivity contribution < 1.29 is 29.0 Å². The van der Waals surface area contributed by atoms with Gasteiger partial charge in [-0.2, -0.15) is 0 Å². The van der Waals surface area contributed by atoms with E-state index < -0.39 is 11.6 Å². The minimum absolute atomic E-state index is 0.0168. The van der Waals surface area contributed by atoms with Crippen molar-refractivity contribution in [3.05, 3.63) is 82.4 Å². The van der Waals surface area contributed by atoms with Crippen molar-refractivity contribution in [2.75, 3.05) is 13.2 Å². The molecule has 0 saturated carbocycles. The number of hydrogen-bond donors (Lipinski definition) is 1. The number of phenols is 1. The highest BCUT2D eigenvalue weighted by Crippen LogP contribution is 2.41. The zero-order valence-electron chi connectivity index (χ0n) is 19.5. The first-order valence-corrected chi connectivity index (χ1v) is 11.3. The van der Waals surface area contributed by atoms with Crippen LogP contribution in [0.3, 0.4) is 0 Å². The molecule has 1 aliphatic carbocycles. The van der Waals surface area contributed by atoms with E-state index in [9.17, 15) is 19.5 Å². The molecule has 1 heterocycles. The number of carbonyl (C=O) groups is 3. The number of ketones is 3. The number of Topliss-reactive ketones (excluding diaryl/α,β-unsaturated/α-hetero) is 1. The minimum atomic E-state index is -0.923. The lowest BCUT2D eigenvalue weighted by Crippen LogP contribution is -2.29. The highest BCUT2D eigenvalue weighted by atomic mass is 16.7. The third-order valence-corrected chi connectivity index (χ3v) is 6.23. The first-order valence-electron chi connectivity index (χ1n) is 11.3. The number of allylic oxidation sites excluding steroid dienone is 2. The summed E-state index contributed by atoms with van der Waals surface area (Å²) in [4.78, 5) is 39.2. The maximum absolute atomic E-state index is 13.2. The number of aromatic hydroxyl groups is 1. The molecule has 0 atom stereocenters. The molecule has 4 rings (SSSR count). The molecule has 6 heteroatoms. The Morgan fingerprint density at radius 2 is 1.68 bits per heavy atom. The van der Waals surface area contributed by atoms with Crippen molar-refractivity contribution in [2.24, 2.45) is 0 Å². The van der Waals surface area contributed by atoms with Crippen molar-refractivity contribution in [3.63, 3.8) is 0 Å². The van der Waals surface area contributed by atoms with Crippen LogP contribution < -0.4 is 0 Å². The Morgan fingerprint density at radius 3 is 2.29 bits per heavy atom. The highest BCUT2D eigenvalue weighted by molar-refractivity contribution is 6.29. The molecular formula is C28H28O6. The number of fused-ring (bicyclic) bond motifs is 2. The van der Waals surface area contributed by atoms with Crippen molar-refractivity contribution in [2.45, 2.75) is 45.3 Å². The highest BCUT2D eigenvalue weighted by Gasteiger charge is 2.35. The molecule has 0 radical (unpaired) electrons. The van der Waals surface area contributed by atoms with Crippen LogP contribution in [0.5, 0.6) is 5.75 Å². The van der Waals surface area contributed by atoms with E-state index >= 15 is 0 Å². The van der Waals surface area contributed by atoms with E-state index in [1.807, 2.05) is 6.92 Å². The maximum Gasteiger partial charge on any atom is 0.198 e. The zero-order valence-corrected chi connectivity index (χ0v) is 19.5. The third-order valence-electron chi connectivity index (χ3n) is 6.23. The summed E-state index contributed by atoms with van der Waals surface area (Å²) in [6, 6.07) is 8.20. The number of rotatable bonds is 8. The normalized spacial score (nSPS) is 16.2. The number of carbonyl (C=O) groups excluding carboxylic acids is 3. The zero-order chi connectivity index (χ0) is 24.6. The Balaban J connectivity index is 1.73. The van der Waals surface area contributed by atoms with Crippen LogP contribution in [0.15, 0.2) is 49.1 Å². The Labute approximate surface area is 198 Å². The van der Waals surface area contributed by atoms with Gasteiger partial charge >= 0.3 is 0 Å². The van der Waals surface area contributed by atoms with Gasteiger partial charge in [-0.25, -0.2) is 0 Å². The molecule has 2 aromatic rings. The molecule has 0 aromatic heterocycles. The molecule has 1 saturated heterocycles. The second kappa shape index (κ2) is 9.12. The Hall–Kier alpha value is -3.35. The van der Waals surface area contributed by atoms with Crippen molar-refractivity contribution in [1.29, 1.82) is 0 Å². The fraction of sp³-hybridized carbons (Fsp3) is 0.321. The van der Waals surface area contributed by atoms with Crippen LogP contribution >= 0.6 is 0 Å². The van der Waals surface area contributed by atoms with E-state index in [0.29, 0.717) is 41.9 Å². The smallest absolute Gasteiger partial charge is 0.198 e. The van der Waals surface area contributed by atoms with Gasteiger partial charge in [0.15, 0.2) is 17.4 Å². The lowest BCUT2D eigenvalue weighted by molar-refractivity contribution is -0.158. The average molecular weight is 461 g/mol. The van der Waals surface area contributed by atoms with Crippen LogP contribution in [0.4, 0.5) is 0 Å². The van der Waals surface area contributed by atoms with Gasteiger partial charge in [0.1, 0.15) is 11.5 Å². The number of phenolic OH excluding ortho intramolecular Hbond substituents is 1. The van der Waals surface area contributed by atoms with Crippen LogP contribution in [0, 0.1) is 0 Å². The predicted octanol–water partition coefficient (Wildman–Crippen LogP) is 4.80. The van der Waals surface area contributed by atoms with Crippen LogP contribution in [-0.2, 0) is 20.7 Å². The quantitative estimate of drug-likeness (QED) is 0.486. The third kappa shape index (κ3) is 4.39. The van der Waals surface area contributed by atoms with Gasteiger partial charge in [-0.05, 0) is 43.9 Å². The van der Waals surface area contributed by atoms with E-state index in [0.717, 1.165) is 5.57 Å². The SMILES string of the molecule is C=C(C)CC(=C)c1c(CCC(=O)CC2(C)OCCO2)cc2c(c1O)C(=O)c1ccccc1C2=O. The summed E-state index contributed by atoms with van der Waals surface area (Å²) in [5.74, 6) is -1.99. The summed E-state index contributed by atoms with van der Waals surface area (Å²) < 4.78 is 11.1. The van der Waals surface area contributed by atoms with Gasteiger partial charge in [0.05, 0.1) is 25.2 Å². The standard InChI is InChI=1S/C28H28O6/c1-16(2)13-17(3)23-18(9-10-19(29)15-28(4)33-11-12-34-28)14-22-24(27(23)32)26(31)21-8-6-5-7-20(21)25(22)30/h5-8,14,32H,1,3,9-13,15H2,2,4H3. The Kier molecular flexibility index (Phi) is 6.39. The van der Waals surface area contributed by atoms with Gasteiger partial charge < -0.3 is 14.6 Å². The molecule has 176 valence electrons. The molecular weight excluding hydrogens is 432 g/mol. The molecule has 34 heavy (non-hydrogen) atoms. The van der Waals surface area contributed by atoms with E-state index in [2.05, 4.69) is 13.2 Å². The lowest BCUT2D eigenvalue weighted by Gasteiger charge is -2.24. The fourth-order valence-corrected chi connectivity index (χ4v) is 4.71. The molecule has 2 aromatic carbocycles. The van der Waals surface area contributed by atoms with Gasteiger partial charge in [-0.1, -0.05) is 43.0 Å².